The van der Waals surface area contributed by atoms with Gasteiger partial charge in [0.2, 0.25) is 10.0 Å². The van der Waals surface area contributed by atoms with Gasteiger partial charge in [-0.3, -0.25) is 0 Å². The number of aryl methyl sites for hydroxylation is 1. The molecular formula is C18H24N2O4S3. The predicted octanol–water partition coefficient (Wildman–Crippen LogP) is 2.58. The van der Waals surface area contributed by atoms with E-state index in [2.05, 4.69) is 4.72 Å². The first-order valence-corrected chi connectivity index (χ1v) is 12.8. The zero-order valence-electron chi connectivity index (χ0n) is 15.2. The number of sulfonamides is 2. The number of nitrogens with one attached hydrogen (secondary N) is 1. The molecule has 1 aromatic heterocycles. The Morgan fingerprint density at radius 3 is 2.56 bits per heavy atom. The summed E-state index contributed by atoms with van der Waals surface area (Å²) in [7, 11) is -6.96. The van der Waals surface area contributed by atoms with Crippen LogP contribution in [0.4, 0.5) is 0 Å². The van der Waals surface area contributed by atoms with E-state index in [0.29, 0.717) is 17.3 Å². The standard InChI is InChI=1S/C18H24N2O4S3/c1-15-9-11-25-18(15)27(23,24)20-10-5-8-17(13-20)12-19-26(21,22)14-16-6-3-2-4-7-16/h2-4,6-7,9,11,17,19H,5,8,10,12-14H2,1H3/t17-/m0/s1. The summed E-state index contributed by atoms with van der Waals surface area (Å²) in [5.41, 5.74) is 1.48. The molecule has 0 unspecified atom stereocenters. The molecule has 0 bridgehead atoms. The van der Waals surface area contributed by atoms with Gasteiger partial charge in [0.1, 0.15) is 4.21 Å². The molecule has 6 nitrogen and oxygen atoms in total. The highest BCUT2D eigenvalue weighted by Crippen LogP contribution is 2.29. The topological polar surface area (TPSA) is 83.6 Å². The minimum Gasteiger partial charge on any atom is -0.215 e. The van der Waals surface area contributed by atoms with Crippen LogP contribution in [0.5, 0.6) is 0 Å². The summed E-state index contributed by atoms with van der Waals surface area (Å²) < 4.78 is 54.9. The molecule has 0 aliphatic carbocycles. The van der Waals surface area contributed by atoms with E-state index >= 15 is 0 Å². The molecule has 0 amide bonds. The first-order chi connectivity index (χ1) is 12.8. The second-order valence-corrected chi connectivity index (χ2v) is 11.7. The SMILES string of the molecule is Cc1ccsc1S(=O)(=O)N1CCC[C@@H](CNS(=O)(=O)Cc2ccccc2)C1. The summed E-state index contributed by atoms with van der Waals surface area (Å²) in [6.07, 6.45) is 1.54. The fourth-order valence-corrected chi connectivity index (χ4v) is 7.57. The average Bonchev–Trinajstić information content (AvgIpc) is 3.08. The quantitative estimate of drug-likeness (QED) is 0.735. The summed E-state index contributed by atoms with van der Waals surface area (Å²) in [5, 5.41) is 1.78. The summed E-state index contributed by atoms with van der Waals surface area (Å²) in [5.74, 6) is -0.101. The molecule has 0 radical (unpaired) electrons. The Hall–Kier alpha value is -1.26. The zero-order chi connectivity index (χ0) is 19.5. The molecule has 27 heavy (non-hydrogen) atoms. The maximum atomic E-state index is 12.9. The maximum absolute atomic E-state index is 12.9. The van der Waals surface area contributed by atoms with Crippen molar-refractivity contribution in [3.63, 3.8) is 0 Å². The highest BCUT2D eigenvalue weighted by atomic mass is 32.2. The highest BCUT2D eigenvalue weighted by molar-refractivity contribution is 7.91. The van der Waals surface area contributed by atoms with Crippen LogP contribution in [0.25, 0.3) is 0 Å². The molecule has 9 heteroatoms. The van der Waals surface area contributed by atoms with E-state index in [0.717, 1.165) is 24.0 Å². The van der Waals surface area contributed by atoms with Crippen molar-refractivity contribution in [2.75, 3.05) is 19.6 Å². The molecule has 1 aliphatic heterocycles. The third-order valence-electron chi connectivity index (χ3n) is 4.66. The molecule has 0 saturated carbocycles. The van der Waals surface area contributed by atoms with E-state index < -0.39 is 20.0 Å². The molecule has 1 atom stereocenters. The van der Waals surface area contributed by atoms with E-state index in [1.54, 1.807) is 42.6 Å². The number of rotatable bonds is 7. The molecule has 1 N–H and O–H groups in total. The number of benzene rings is 1. The van der Waals surface area contributed by atoms with Crippen LogP contribution < -0.4 is 4.72 Å². The first kappa shape index (κ1) is 20.5. The van der Waals surface area contributed by atoms with Crippen molar-refractivity contribution in [1.29, 1.82) is 0 Å². The second kappa shape index (κ2) is 8.40. The van der Waals surface area contributed by atoms with E-state index in [4.69, 9.17) is 0 Å². The van der Waals surface area contributed by atoms with Gasteiger partial charge >= 0.3 is 0 Å². The van der Waals surface area contributed by atoms with Gasteiger partial charge in [0.15, 0.2) is 0 Å². The van der Waals surface area contributed by atoms with Gasteiger partial charge in [0, 0.05) is 19.6 Å². The van der Waals surface area contributed by atoms with Crippen molar-refractivity contribution in [2.24, 2.45) is 5.92 Å². The van der Waals surface area contributed by atoms with Crippen molar-refractivity contribution in [2.45, 2.75) is 29.7 Å². The van der Waals surface area contributed by atoms with Gasteiger partial charge in [-0.25, -0.2) is 21.6 Å². The third kappa shape index (κ3) is 5.17. The van der Waals surface area contributed by atoms with Gasteiger partial charge in [-0.2, -0.15) is 4.31 Å². The molecule has 2 aromatic rings. The molecular weight excluding hydrogens is 404 g/mol. The number of hydrogen-bond acceptors (Lipinski definition) is 5. The Kier molecular flexibility index (Phi) is 6.37. The Labute approximate surface area is 165 Å². The van der Waals surface area contributed by atoms with E-state index in [-0.39, 0.29) is 18.2 Å². The zero-order valence-corrected chi connectivity index (χ0v) is 17.6. The lowest BCUT2D eigenvalue weighted by atomic mass is 10.0. The minimum atomic E-state index is -3.51. The Bertz CT molecular complexity index is 969. The summed E-state index contributed by atoms with van der Waals surface area (Å²) >= 11 is 1.23. The van der Waals surface area contributed by atoms with Gasteiger partial charge in [-0.1, -0.05) is 30.3 Å². The van der Waals surface area contributed by atoms with Gasteiger partial charge in [-0.15, -0.1) is 11.3 Å². The fourth-order valence-electron chi connectivity index (χ4n) is 3.24. The van der Waals surface area contributed by atoms with Crippen LogP contribution in [-0.4, -0.2) is 40.8 Å². The number of piperidine rings is 1. The molecule has 1 saturated heterocycles. The van der Waals surface area contributed by atoms with Crippen LogP contribution in [0, 0.1) is 12.8 Å². The second-order valence-electron chi connectivity index (χ2n) is 6.86. The van der Waals surface area contributed by atoms with Gasteiger partial charge in [-0.05, 0) is 48.3 Å². The third-order valence-corrected chi connectivity index (χ3v) is 9.51. The molecule has 2 heterocycles. The van der Waals surface area contributed by atoms with Gasteiger partial charge < -0.3 is 0 Å². The monoisotopic (exact) mass is 428 g/mol. The van der Waals surface area contributed by atoms with Gasteiger partial charge in [0.25, 0.3) is 10.0 Å². The predicted molar refractivity (Wildman–Crippen MR) is 108 cm³/mol. The van der Waals surface area contributed by atoms with Crippen LogP contribution in [0.1, 0.15) is 24.0 Å². The molecule has 0 spiro atoms. The first-order valence-electron chi connectivity index (χ1n) is 8.83. The molecule has 1 fully saturated rings. The van der Waals surface area contributed by atoms with E-state index in [1.165, 1.54) is 15.6 Å². The number of hydrogen-bond donors (Lipinski definition) is 1. The van der Waals surface area contributed by atoms with Crippen LogP contribution in [-0.2, 0) is 25.8 Å². The lowest BCUT2D eigenvalue weighted by Crippen LogP contribution is -2.43. The lowest BCUT2D eigenvalue weighted by Gasteiger charge is -2.31. The smallest absolute Gasteiger partial charge is 0.215 e. The van der Waals surface area contributed by atoms with Crippen molar-refractivity contribution in [3.8, 4) is 0 Å². The normalized spacial score (nSPS) is 19.2. The summed E-state index contributed by atoms with van der Waals surface area (Å²) in [6.45, 7) is 2.87. The molecule has 3 rings (SSSR count). The highest BCUT2D eigenvalue weighted by Gasteiger charge is 2.32. The number of thiophene rings is 1. The Balaban J connectivity index is 1.61. The average molecular weight is 429 g/mol. The maximum Gasteiger partial charge on any atom is 0.252 e. The van der Waals surface area contributed by atoms with Crippen LogP contribution in [0.3, 0.4) is 0 Å². The van der Waals surface area contributed by atoms with Gasteiger partial charge in [0.05, 0.1) is 5.75 Å². The van der Waals surface area contributed by atoms with Crippen molar-refractivity contribution >= 4 is 31.4 Å². The molecule has 1 aromatic carbocycles. The fraction of sp³-hybridized carbons (Fsp3) is 0.444. The molecule has 1 aliphatic rings. The molecule has 148 valence electrons. The van der Waals surface area contributed by atoms with Crippen LogP contribution >= 0.6 is 11.3 Å². The van der Waals surface area contributed by atoms with E-state index in [9.17, 15) is 16.8 Å². The number of nitrogens with zero attached hydrogens (tertiary/aromatic N) is 1. The lowest BCUT2D eigenvalue weighted by molar-refractivity contribution is 0.267. The van der Waals surface area contributed by atoms with Crippen molar-refractivity contribution in [1.82, 2.24) is 9.03 Å². The van der Waals surface area contributed by atoms with Crippen molar-refractivity contribution in [3.05, 3.63) is 52.9 Å². The van der Waals surface area contributed by atoms with Crippen molar-refractivity contribution < 1.29 is 16.8 Å². The Morgan fingerprint density at radius 1 is 1.15 bits per heavy atom. The minimum absolute atomic E-state index is 0.0284. The van der Waals surface area contributed by atoms with E-state index in [1.807, 2.05) is 6.07 Å². The van der Waals surface area contributed by atoms with Crippen LogP contribution in [0.15, 0.2) is 46.0 Å². The van der Waals surface area contributed by atoms with Crippen LogP contribution in [0.2, 0.25) is 0 Å². The largest absolute Gasteiger partial charge is 0.252 e. The summed E-state index contributed by atoms with van der Waals surface area (Å²) in [4.78, 5) is 0. The summed E-state index contributed by atoms with van der Waals surface area (Å²) in [6, 6.07) is 10.8. The Morgan fingerprint density at radius 2 is 1.89 bits per heavy atom.